The first-order chi connectivity index (χ1) is 22.3. The summed E-state index contributed by atoms with van der Waals surface area (Å²) >= 11 is 0. The predicted molar refractivity (Wildman–Crippen MR) is 177 cm³/mol. The number of phenols is 1. The topological polar surface area (TPSA) is 149 Å². The van der Waals surface area contributed by atoms with Crippen LogP contribution in [0.4, 0.5) is 0 Å². The third-order valence-corrected chi connectivity index (χ3v) is 10.9. The van der Waals surface area contributed by atoms with Gasteiger partial charge in [0.25, 0.3) is 6.47 Å². The molecule has 2 unspecified atom stereocenters. The highest BCUT2D eigenvalue weighted by atomic mass is 16.6. The molecule has 0 amide bonds. The van der Waals surface area contributed by atoms with Crippen LogP contribution in [0.5, 0.6) is 17.2 Å². The van der Waals surface area contributed by atoms with Gasteiger partial charge < -0.3 is 34.3 Å². The molecule has 3 aliphatic carbocycles. The van der Waals surface area contributed by atoms with Crippen LogP contribution in [0.2, 0.25) is 0 Å². The van der Waals surface area contributed by atoms with E-state index in [2.05, 4.69) is 0 Å². The summed E-state index contributed by atoms with van der Waals surface area (Å²) in [4.78, 5) is 40.2. The Morgan fingerprint density at radius 3 is 2.48 bits per heavy atom. The molecule has 4 bridgehead atoms. The summed E-state index contributed by atoms with van der Waals surface area (Å²) in [5.74, 6) is -1.11. The van der Waals surface area contributed by atoms with Crippen LogP contribution in [0.15, 0.2) is 41.2 Å². The van der Waals surface area contributed by atoms with Gasteiger partial charge in [0.1, 0.15) is 34.2 Å². The molecular weight excluding hydrogens is 616 g/mol. The summed E-state index contributed by atoms with van der Waals surface area (Å²) in [5, 5.41) is 32.7. The molecule has 2 fully saturated rings. The van der Waals surface area contributed by atoms with E-state index in [0.717, 1.165) is 5.57 Å². The first-order valence-electron chi connectivity index (χ1n) is 16.6. The first kappa shape index (κ1) is 34.1. The maximum absolute atomic E-state index is 14.8. The fourth-order valence-corrected chi connectivity index (χ4v) is 8.33. The van der Waals surface area contributed by atoms with Gasteiger partial charge in [-0.25, -0.2) is 0 Å². The molecule has 1 aromatic carbocycles. The quantitative estimate of drug-likeness (QED) is 0.168. The predicted octanol–water partition coefficient (Wildman–Crippen LogP) is 5.45. The van der Waals surface area contributed by atoms with E-state index in [1.165, 1.54) is 0 Å². The zero-order chi connectivity index (χ0) is 35.2. The van der Waals surface area contributed by atoms with Crippen molar-refractivity contribution in [2.24, 2.45) is 11.8 Å². The maximum Gasteiger partial charge on any atom is 0.298 e. The van der Waals surface area contributed by atoms with Crippen molar-refractivity contribution in [3.05, 3.63) is 57.9 Å². The molecule has 3 N–H and O–H groups in total. The second kappa shape index (κ2) is 11.1. The van der Waals surface area contributed by atoms with Gasteiger partial charge in [0.05, 0.1) is 22.9 Å². The van der Waals surface area contributed by atoms with E-state index in [1.807, 2.05) is 40.7 Å². The Balaban J connectivity index is 1.55. The zero-order valence-electron chi connectivity index (χ0n) is 28.9. The molecule has 7 rings (SSSR count). The SMILES string of the molecule is CC(C)=CCc1c2c(c(O)c3c1O[C@]14C(=C[C@@H]5CC1C(C)(C)O[C@]4(C/C=C(/C)OC=O)C5=O)C3=O)C=C[C@](C)(CCC(O)C(C)(C)O)O2. The molecule has 6 aliphatic rings. The van der Waals surface area contributed by atoms with Crippen LogP contribution in [0.1, 0.15) is 103 Å². The third kappa shape index (κ3) is 4.90. The highest BCUT2D eigenvalue weighted by Crippen LogP contribution is 2.68. The summed E-state index contributed by atoms with van der Waals surface area (Å²) in [5.41, 5.74) is -4.01. The minimum Gasteiger partial charge on any atom is -0.506 e. The van der Waals surface area contributed by atoms with Gasteiger partial charge in [-0.2, -0.15) is 0 Å². The standard InChI is InChI=1S/C38H46O10/c1-20(2)9-10-24-31-23(12-14-36(8,46-31)15-13-27(40)34(4,5)44)29(41)28-30(42)25-17-22-18-26-35(6,7)48-37(33(22)43,16-11-21(3)45-19-39)38(25,26)47-32(24)28/h9,11-12,14,17,19,22,26-27,40-41,44H,10,13,15-16,18H2,1-8H3/b21-11-/t22-,26?,27?,36-,37-,38-/m1/s1. The molecule has 0 radical (unpaired) electrons. The Labute approximate surface area is 281 Å². The van der Waals surface area contributed by atoms with Crippen molar-refractivity contribution in [1.82, 2.24) is 0 Å². The Morgan fingerprint density at radius 1 is 1.12 bits per heavy atom. The molecule has 258 valence electrons. The lowest BCUT2D eigenvalue weighted by Crippen LogP contribution is -2.72. The zero-order valence-corrected chi connectivity index (χ0v) is 28.9. The van der Waals surface area contributed by atoms with Gasteiger partial charge in [0.2, 0.25) is 0 Å². The van der Waals surface area contributed by atoms with Crippen LogP contribution < -0.4 is 9.47 Å². The first-order valence-corrected chi connectivity index (χ1v) is 16.6. The molecule has 3 heterocycles. The van der Waals surface area contributed by atoms with Crippen molar-refractivity contribution in [2.45, 2.75) is 122 Å². The maximum atomic E-state index is 14.8. The fraction of sp³-hybridized carbons (Fsp3) is 0.553. The molecule has 6 atom stereocenters. The number of hydrogen-bond donors (Lipinski definition) is 3. The smallest absolute Gasteiger partial charge is 0.298 e. The number of ketones is 2. The molecule has 10 nitrogen and oxygen atoms in total. The van der Waals surface area contributed by atoms with E-state index in [4.69, 9.17) is 18.9 Å². The number of carbonyl (C=O) groups excluding carboxylic acids is 3. The number of phenolic OH excluding ortho intramolecular Hbond substituents is 1. The summed E-state index contributed by atoms with van der Waals surface area (Å²) in [7, 11) is 0. The number of Topliss-reactive ketones (excluding diaryl/α,β-unsaturated/α-hetero) is 2. The number of fused-ring (bicyclic) bond motifs is 2. The van der Waals surface area contributed by atoms with Crippen LogP contribution in [0.25, 0.3) is 6.08 Å². The second-order valence-electron chi connectivity index (χ2n) is 15.5. The number of aliphatic hydroxyl groups is 2. The Hall–Kier alpha value is -3.73. The Morgan fingerprint density at radius 2 is 1.83 bits per heavy atom. The Bertz CT molecular complexity index is 1720. The van der Waals surface area contributed by atoms with Crippen molar-refractivity contribution < 1.29 is 48.7 Å². The van der Waals surface area contributed by atoms with Gasteiger partial charge in [0, 0.05) is 29.4 Å². The third-order valence-electron chi connectivity index (χ3n) is 10.9. The number of carbonyl (C=O) groups is 3. The van der Waals surface area contributed by atoms with Gasteiger partial charge in [-0.3, -0.25) is 14.4 Å². The number of hydrogen-bond acceptors (Lipinski definition) is 10. The molecular formula is C38H46O10. The lowest BCUT2D eigenvalue weighted by Gasteiger charge is -2.56. The van der Waals surface area contributed by atoms with Gasteiger partial charge in [-0.15, -0.1) is 0 Å². The van der Waals surface area contributed by atoms with Crippen LogP contribution in [-0.2, 0) is 25.5 Å². The van der Waals surface area contributed by atoms with E-state index >= 15 is 0 Å². The minimum absolute atomic E-state index is 0.00293. The van der Waals surface area contributed by atoms with Crippen molar-refractivity contribution in [1.29, 1.82) is 0 Å². The lowest BCUT2D eigenvalue weighted by atomic mass is 9.51. The highest BCUT2D eigenvalue weighted by Gasteiger charge is 2.81. The number of allylic oxidation sites excluding steroid dienone is 4. The summed E-state index contributed by atoms with van der Waals surface area (Å²) in [6.07, 6.45) is 9.15. The van der Waals surface area contributed by atoms with Crippen LogP contribution in [0.3, 0.4) is 0 Å². The van der Waals surface area contributed by atoms with Gasteiger partial charge in [-0.1, -0.05) is 17.7 Å². The molecule has 48 heavy (non-hydrogen) atoms. The van der Waals surface area contributed by atoms with E-state index < -0.39 is 51.7 Å². The fourth-order valence-electron chi connectivity index (χ4n) is 8.33. The minimum atomic E-state index is -1.60. The summed E-state index contributed by atoms with van der Waals surface area (Å²) in [6.45, 7) is 14.6. The average molecular weight is 663 g/mol. The average Bonchev–Trinajstić information content (AvgIpc) is 3.15. The van der Waals surface area contributed by atoms with Crippen molar-refractivity contribution in [3.63, 3.8) is 0 Å². The van der Waals surface area contributed by atoms with Crippen molar-refractivity contribution >= 4 is 24.1 Å². The van der Waals surface area contributed by atoms with Crippen molar-refractivity contribution in [3.8, 4) is 17.2 Å². The van der Waals surface area contributed by atoms with E-state index in [0.29, 0.717) is 48.2 Å². The van der Waals surface area contributed by atoms with E-state index in [9.17, 15) is 29.7 Å². The molecule has 0 aromatic heterocycles. The molecule has 1 saturated carbocycles. The number of aliphatic hydroxyl groups excluding tert-OH is 1. The monoisotopic (exact) mass is 662 g/mol. The lowest BCUT2D eigenvalue weighted by molar-refractivity contribution is -0.171. The number of rotatable bonds is 10. The largest absolute Gasteiger partial charge is 0.506 e. The summed E-state index contributed by atoms with van der Waals surface area (Å²) < 4.78 is 25.6. The summed E-state index contributed by atoms with van der Waals surface area (Å²) in [6, 6.07) is 0. The van der Waals surface area contributed by atoms with Crippen LogP contribution >= 0.6 is 0 Å². The van der Waals surface area contributed by atoms with Crippen molar-refractivity contribution in [2.75, 3.05) is 0 Å². The van der Waals surface area contributed by atoms with E-state index in [1.54, 1.807) is 45.1 Å². The number of aromatic hydroxyl groups is 1. The van der Waals surface area contributed by atoms with Gasteiger partial charge in [0.15, 0.2) is 22.8 Å². The molecule has 1 spiro atoms. The molecule has 1 aromatic rings. The van der Waals surface area contributed by atoms with Gasteiger partial charge >= 0.3 is 0 Å². The van der Waals surface area contributed by atoms with E-state index in [-0.39, 0.29) is 41.4 Å². The van der Waals surface area contributed by atoms with Gasteiger partial charge in [-0.05, 0) is 99.3 Å². The Kier molecular flexibility index (Phi) is 7.93. The number of ether oxygens (including phenoxy) is 4. The highest BCUT2D eigenvalue weighted by molar-refractivity contribution is 6.19. The number of benzene rings is 1. The second-order valence-corrected chi connectivity index (χ2v) is 15.5. The normalized spacial score (nSPS) is 31.5. The van der Waals surface area contributed by atoms with Crippen LogP contribution in [0, 0.1) is 11.8 Å². The molecule has 1 saturated heterocycles. The van der Waals surface area contributed by atoms with Crippen LogP contribution in [-0.4, -0.2) is 67.5 Å². The molecule has 3 aliphatic heterocycles. The molecule has 10 heteroatoms.